The molecule has 3 rings (SSSR count). The Morgan fingerprint density at radius 3 is 2.76 bits per heavy atom. The van der Waals surface area contributed by atoms with Crippen molar-refractivity contribution in [2.24, 2.45) is 0 Å². The number of halogens is 2. The van der Waals surface area contributed by atoms with Crippen LogP contribution in [0.3, 0.4) is 0 Å². The lowest BCUT2D eigenvalue weighted by atomic mass is 10.1. The first-order valence-electron chi connectivity index (χ1n) is 7.55. The largest absolute Gasteiger partial charge is 0.491 e. The Morgan fingerprint density at radius 1 is 1.20 bits per heavy atom. The first-order chi connectivity index (χ1) is 12.1. The van der Waals surface area contributed by atoms with Gasteiger partial charge in [0.25, 0.3) is 0 Å². The molecule has 0 aliphatic rings. The predicted octanol–water partition coefficient (Wildman–Crippen LogP) is 4.15. The van der Waals surface area contributed by atoms with E-state index in [1.165, 1.54) is 13.2 Å². The summed E-state index contributed by atoms with van der Waals surface area (Å²) in [4.78, 5) is 4.34. The minimum absolute atomic E-state index is 0.105. The van der Waals surface area contributed by atoms with Gasteiger partial charge in [-0.25, -0.2) is 4.39 Å². The number of ether oxygens (including phenoxy) is 2. The number of rotatable bonds is 6. The van der Waals surface area contributed by atoms with E-state index in [0.717, 1.165) is 5.39 Å². The van der Waals surface area contributed by atoms with Gasteiger partial charge in [-0.15, -0.1) is 0 Å². The number of hydrogen-bond acceptors (Lipinski definition) is 5. The Morgan fingerprint density at radius 2 is 2.04 bits per heavy atom. The summed E-state index contributed by atoms with van der Waals surface area (Å²) in [7, 11) is 1.52. The molecule has 0 aliphatic heterocycles. The molecule has 0 spiro atoms. The zero-order chi connectivity index (χ0) is 17.8. The molecular formula is C18H16ClFN2O3. The minimum atomic E-state index is -0.452. The summed E-state index contributed by atoms with van der Waals surface area (Å²) >= 11 is 5.79. The molecule has 0 bridgehead atoms. The predicted molar refractivity (Wildman–Crippen MR) is 95.6 cm³/mol. The number of nitrogens with one attached hydrogen (secondary N) is 1. The normalized spacial score (nSPS) is 10.7. The molecule has 0 atom stereocenters. The van der Waals surface area contributed by atoms with Gasteiger partial charge in [0.05, 0.1) is 19.4 Å². The average molecular weight is 363 g/mol. The van der Waals surface area contributed by atoms with Gasteiger partial charge in [-0.1, -0.05) is 11.6 Å². The lowest BCUT2D eigenvalue weighted by Gasteiger charge is -2.15. The lowest BCUT2D eigenvalue weighted by Crippen LogP contribution is -2.04. The van der Waals surface area contributed by atoms with Crippen LogP contribution in [0.5, 0.6) is 11.5 Å². The van der Waals surface area contributed by atoms with Gasteiger partial charge in [-0.2, -0.15) is 0 Å². The second-order valence-corrected chi connectivity index (χ2v) is 5.61. The van der Waals surface area contributed by atoms with Gasteiger partial charge in [-0.3, -0.25) is 4.98 Å². The van der Waals surface area contributed by atoms with E-state index >= 15 is 0 Å². The van der Waals surface area contributed by atoms with E-state index < -0.39 is 5.82 Å². The maximum Gasteiger partial charge on any atom is 0.187 e. The highest BCUT2D eigenvalue weighted by atomic mass is 35.5. The highest BCUT2D eigenvalue weighted by Crippen LogP contribution is 2.38. The first-order valence-corrected chi connectivity index (χ1v) is 7.93. The number of aliphatic hydroxyl groups excluding tert-OH is 1. The van der Waals surface area contributed by atoms with Crippen LogP contribution in [0.15, 0.2) is 42.6 Å². The van der Waals surface area contributed by atoms with E-state index in [1.807, 2.05) is 0 Å². The second-order valence-electron chi connectivity index (χ2n) is 5.17. The lowest BCUT2D eigenvalue weighted by molar-refractivity contribution is 0.197. The Bertz CT molecular complexity index is 905. The van der Waals surface area contributed by atoms with Crippen molar-refractivity contribution in [3.05, 3.63) is 53.4 Å². The molecule has 25 heavy (non-hydrogen) atoms. The van der Waals surface area contributed by atoms with Crippen LogP contribution in [-0.4, -0.2) is 30.4 Å². The summed E-state index contributed by atoms with van der Waals surface area (Å²) < 4.78 is 24.9. The Kier molecular flexibility index (Phi) is 5.21. The molecule has 0 fully saturated rings. The molecule has 1 heterocycles. The molecule has 7 heteroatoms. The smallest absolute Gasteiger partial charge is 0.187 e. The molecular weight excluding hydrogens is 347 g/mol. The molecule has 1 aromatic heterocycles. The number of nitrogens with zero attached hydrogens (tertiary/aromatic N) is 1. The Labute approximate surface area is 149 Å². The minimum Gasteiger partial charge on any atom is -0.491 e. The Hall–Kier alpha value is -2.57. The van der Waals surface area contributed by atoms with Gasteiger partial charge in [-0.05, 0) is 36.4 Å². The van der Waals surface area contributed by atoms with Gasteiger partial charge in [0.2, 0.25) is 0 Å². The Balaban J connectivity index is 2.04. The van der Waals surface area contributed by atoms with Crippen molar-refractivity contribution >= 4 is 33.9 Å². The van der Waals surface area contributed by atoms with E-state index in [9.17, 15) is 4.39 Å². The van der Waals surface area contributed by atoms with Crippen molar-refractivity contribution in [1.29, 1.82) is 0 Å². The molecule has 0 saturated carbocycles. The maximum atomic E-state index is 14.1. The number of benzene rings is 2. The van der Waals surface area contributed by atoms with Gasteiger partial charge in [0.1, 0.15) is 17.9 Å². The number of hydrogen-bond donors (Lipinski definition) is 2. The fraction of sp³-hybridized carbons (Fsp3) is 0.167. The van der Waals surface area contributed by atoms with E-state index in [4.69, 9.17) is 26.2 Å². The first kappa shape index (κ1) is 17.3. The maximum absolute atomic E-state index is 14.1. The summed E-state index contributed by atoms with van der Waals surface area (Å²) in [5, 5.41) is 13.0. The molecule has 2 aromatic carbocycles. The highest BCUT2D eigenvalue weighted by Gasteiger charge is 2.14. The molecule has 0 aliphatic carbocycles. The van der Waals surface area contributed by atoms with Gasteiger partial charge < -0.3 is 19.9 Å². The SMILES string of the molecule is COc1c(OCCO)ccc2c(Nc3ccc(Cl)cc3F)ccnc12. The summed E-state index contributed by atoms with van der Waals surface area (Å²) in [6.07, 6.45) is 1.59. The van der Waals surface area contributed by atoms with Crippen molar-refractivity contribution in [2.75, 3.05) is 25.6 Å². The molecule has 0 unspecified atom stereocenters. The third kappa shape index (κ3) is 3.60. The molecule has 0 saturated heterocycles. The molecule has 2 N–H and O–H groups in total. The van der Waals surface area contributed by atoms with Crippen LogP contribution < -0.4 is 14.8 Å². The van der Waals surface area contributed by atoms with Crippen molar-refractivity contribution in [3.63, 3.8) is 0 Å². The van der Waals surface area contributed by atoms with E-state index in [2.05, 4.69) is 10.3 Å². The monoisotopic (exact) mass is 362 g/mol. The number of aliphatic hydroxyl groups is 1. The molecule has 130 valence electrons. The molecule has 5 nitrogen and oxygen atoms in total. The number of aromatic nitrogens is 1. The van der Waals surface area contributed by atoms with Crippen molar-refractivity contribution in [1.82, 2.24) is 4.98 Å². The summed E-state index contributed by atoms with van der Waals surface area (Å²) in [5.74, 6) is 0.477. The number of methoxy groups -OCH3 is 1. The number of pyridine rings is 1. The van der Waals surface area contributed by atoms with Crippen molar-refractivity contribution in [3.8, 4) is 11.5 Å². The van der Waals surface area contributed by atoms with Crippen molar-refractivity contribution in [2.45, 2.75) is 0 Å². The zero-order valence-electron chi connectivity index (χ0n) is 13.4. The number of anilines is 2. The molecule has 0 radical (unpaired) electrons. The van der Waals surface area contributed by atoms with Crippen LogP contribution in [0.1, 0.15) is 0 Å². The van der Waals surface area contributed by atoms with Gasteiger partial charge >= 0.3 is 0 Å². The van der Waals surface area contributed by atoms with Crippen LogP contribution in [0.2, 0.25) is 5.02 Å². The fourth-order valence-electron chi connectivity index (χ4n) is 2.49. The van der Waals surface area contributed by atoms with Crippen molar-refractivity contribution < 1.29 is 19.0 Å². The van der Waals surface area contributed by atoms with E-state index in [1.54, 1.807) is 36.5 Å². The second kappa shape index (κ2) is 7.55. The van der Waals surface area contributed by atoms with Crippen LogP contribution in [0.25, 0.3) is 10.9 Å². The van der Waals surface area contributed by atoms with Gasteiger partial charge in [0.15, 0.2) is 11.5 Å². The number of fused-ring (bicyclic) bond motifs is 1. The summed E-state index contributed by atoms with van der Waals surface area (Å²) in [6, 6.07) is 9.69. The van der Waals surface area contributed by atoms with Gasteiger partial charge in [0, 0.05) is 22.3 Å². The highest BCUT2D eigenvalue weighted by molar-refractivity contribution is 6.30. The summed E-state index contributed by atoms with van der Waals surface area (Å²) in [6.45, 7) is 0.0435. The van der Waals surface area contributed by atoms with Crippen LogP contribution in [-0.2, 0) is 0 Å². The van der Waals surface area contributed by atoms with Crippen LogP contribution in [0, 0.1) is 5.82 Å². The molecule has 0 amide bonds. The average Bonchev–Trinajstić information content (AvgIpc) is 2.61. The van der Waals surface area contributed by atoms with E-state index in [-0.39, 0.29) is 13.2 Å². The molecule has 3 aromatic rings. The van der Waals surface area contributed by atoms with Crippen LogP contribution in [0.4, 0.5) is 15.8 Å². The fourth-order valence-corrected chi connectivity index (χ4v) is 2.64. The third-order valence-corrected chi connectivity index (χ3v) is 3.82. The topological polar surface area (TPSA) is 63.6 Å². The van der Waals surface area contributed by atoms with Crippen LogP contribution >= 0.6 is 11.6 Å². The zero-order valence-corrected chi connectivity index (χ0v) is 14.2. The summed E-state index contributed by atoms with van der Waals surface area (Å²) in [5.41, 5.74) is 1.53. The van der Waals surface area contributed by atoms with E-state index in [0.29, 0.717) is 33.4 Å². The third-order valence-electron chi connectivity index (χ3n) is 3.58. The standard InChI is InChI=1S/C18H16ClFN2O3/c1-24-18-16(25-9-8-23)5-3-12-14(6-7-21-17(12)18)22-15-4-2-11(19)10-13(15)20/h2-7,10,23H,8-9H2,1H3,(H,21,22). The quantitative estimate of drug-likeness (QED) is 0.689.